The Kier molecular flexibility index (Phi) is 57.3. The van der Waals surface area contributed by atoms with Crippen LogP contribution in [0.2, 0.25) is 0 Å². The number of ether oxygens (including phenoxy) is 4. The molecule has 0 aliphatic rings. The van der Waals surface area contributed by atoms with Gasteiger partial charge in [-0.3, -0.25) is 9.13 Å². The molecule has 0 saturated carbocycles. The molecule has 0 amide bonds. The monoisotopic (exact) mass is 1040 g/mol. The molecule has 0 saturated heterocycles. The van der Waals surface area contributed by atoms with Gasteiger partial charge in [-0.15, -0.1) is 13.2 Å². The van der Waals surface area contributed by atoms with E-state index in [-0.39, 0.29) is 25.9 Å². The van der Waals surface area contributed by atoms with Crippen molar-refractivity contribution in [3.05, 3.63) is 25.3 Å². The summed E-state index contributed by atoms with van der Waals surface area (Å²) in [5.41, 5.74) is 3.56. The molecule has 0 spiro atoms. The number of halogens is 2. The van der Waals surface area contributed by atoms with E-state index in [1.165, 1.54) is 161 Å². The summed E-state index contributed by atoms with van der Waals surface area (Å²) in [5.74, 6) is 0. The highest BCUT2D eigenvalue weighted by Gasteiger charge is 2.19. The molecule has 3 N–H and O–H groups in total. The van der Waals surface area contributed by atoms with Crippen molar-refractivity contribution >= 4 is 36.4 Å². The average Bonchev–Trinajstić information content (AvgIpc) is 3.30. The third-order valence-electron chi connectivity index (χ3n) is 11.4. The lowest BCUT2D eigenvalue weighted by molar-refractivity contribution is -0.373. The Hall–Kier alpha value is 0.160. The Labute approximate surface area is 422 Å². The lowest BCUT2D eigenvalue weighted by Gasteiger charge is -2.25. The van der Waals surface area contributed by atoms with E-state index in [1.807, 2.05) is 12.2 Å². The van der Waals surface area contributed by atoms with Gasteiger partial charge in [-0.1, -0.05) is 193 Å². The molecule has 3 atom stereocenters. The molecule has 15 heteroatoms. The number of hydrogen-bond acceptors (Lipinski definition) is 10. The largest absolute Gasteiger partial charge is 0.756 e. The fourth-order valence-electron chi connectivity index (χ4n) is 7.35. The molecular formula is C52H105Cl2NO10P2. The highest BCUT2D eigenvalue weighted by molar-refractivity contribution is 8.05. The molecule has 0 aromatic rings. The Morgan fingerprint density at radius 1 is 0.448 bits per heavy atom. The van der Waals surface area contributed by atoms with E-state index in [9.17, 15) is 14.0 Å². The zero-order valence-corrected chi connectivity index (χ0v) is 46.6. The highest BCUT2D eigenvalue weighted by Crippen LogP contribution is 2.57. The van der Waals surface area contributed by atoms with Gasteiger partial charge in [-0.2, -0.15) is 0 Å². The SMILES string of the molecule is C=CCCCCOC(COCCCCCCCCCCCCCCCC)COP(=O)(Cl)Cl.C=CCCCCOC(COCCCCCCCCCCCCCCCC)COP(=O)([O-])OCC[NH3+]. The first-order valence-electron chi connectivity index (χ1n) is 27.2. The number of hydrogen-bond donors (Lipinski definition) is 1. The molecule has 0 aliphatic heterocycles. The molecule has 0 radical (unpaired) electrons. The first-order chi connectivity index (χ1) is 32.5. The lowest BCUT2D eigenvalue weighted by atomic mass is 10.0. The van der Waals surface area contributed by atoms with E-state index in [2.05, 4.69) is 32.7 Å². The van der Waals surface area contributed by atoms with Crippen molar-refractivity contribution in [1.29, 1.82) is 0 Å². The van der Waals surface area contributed by atoms with Gasteiger partial charge < -0.3 is 43.1 Å². The lowest BCUT2D eigenvalue weighted by Crippen LogP contribution is -2.52. The van der Waals surface area contributed by atoms with Gasteiger partial charge in [0.2, 0.25) is 0 Å². The average molecular weight is 1040 g/mol. The third kappa shape index (κ3) is 60.4. The van der Waals surface area contributed by atoms with E-state index in [0.717, 1.165) is 57.8 Å². The molecule has 67 heavy (non-hydrogen) atoms. The van der Waals surface area contributed by atoms with Gasteiger partial charge in [0, 0.05) is 26.4 Å². The maximum atomic E-state index is 11.8. The molecule has 0 heterocycles. The van der Waals surface area contributed by atoms with Crippen molar-refractivity contribution in [3.8, 4) is 0 Å². The van der Waals surface area contributed by atoms with Gasteiger partial charge in [0.25, 0.3) is 7.82 Å². The Bertz CT molecular complexity index is 1110. The topological polar surface area (TPSA) is 149 Å². The number of phosphoric acid groups is 1. The predicted octanol–water partition coefficient (Wildman–Crippen LogP) is 15.8. The minimum atomic E-state index is -4.33. The van der Waals surface area contributed by atoms with Crippen LogP contribution < -0.4 is 10.6 Å². The fraction of sp³-hybridized carbons (Fsp3) is 0.923. The predicted molar refractivity (Wildman–Crippen MR) is 282 cm³/mol. The van der Waals surface area contributed by atoms with E-state index in [0.29, 0.717) is 46.2 Å². The summed E-state index contributed by atoms with van der Waals surface area (Å²) in [6.07, 6.45) is 42.5. The quantitative estimate of drug-likeness (QED) is 0.0354. The van der Waals surface area contributed by atoms with E-state index >= 15 is 0 Å². The summed E-state index contributed by atoms with van der Waals surface area (Å²) in [7, 11) is -4.33. The van der Waals surface area contributed by atoms with Crippen LogP contribution in [0.4, 0.5) is 0 Å². The molecule has 402 valence electrons. The van der Waals surface area contributed by atoms with Gasteiger partial charge in [-0.05, 0) is 73.8 Å². The molecule has 0 bridgehead atoms. The highest BCUT2D eigenvalue weighted by atomic mass is 35.9. The maximum Gasteiger partial charge on any atom is 0.380 e. The summed E-state index contributed by atoms with van der Waals surface area (Å²) in [4.78, 5) is 11.8. The van der Waals surface area contributed by atoms with Gasteiger partial charge in [0.1, 0.15) is 18.8 Å². The van der Waals surface area contributed by atoms with Crippen molar-refractivity contribution in [2.24, 2.45) is 0 Å². The van der Waals surface area contributed by atoms with E-state index in [4.69, 9.17) is 55.0 Å². The van der Waals surface area contributed by atoms with Crippen molar-refractivity contribution < 1.29 is 52.3 Å². The van der Waals surface area contributed by atoms with Gasteiger partial charge >= 0.3 is 6.07 Å². The maximum absolute atomic E-state index is 11.8. The molecule has 3 unspecified atom stereocenters. The van der Waals surface area contributed by atoms with Gasteiger partial charge in [-0.25, -0.2) is 0 Å². The van der Waals surface area contributed by atoms with Crippen LogP contribution in [0.3, 0.4) is 0 Å². The molecule has 0 rings (SSSR count). The zero-order chi connectivity index (χ0) is 49.6. The molecule has 11 nitrogen and oxygen atoms in total. The first kappa shape index (κ1) is 69.2. The summed E-state index contributed by atoms with van der Waals surface area (Å²) in [6.45, 7) is 15.5. The third-order valence-corrected chi connectivity index (χ3v) is 13.4. The second-order valence-corrected chi connectivity index (χ2v) is 23.7. The Morgan fingerprint density at radius 3 is 1.07 bits per heavy atom. The zero-order valence-electron chi connectivity index (χ0n) is 43.3. The molecule has 0 fully saturated rings. The molecule has 0 aromatic heterocycles. The summed E-state index contributed by atoms with van der Waals surface area (Å²) >= 11 is 10.9. The summed E-state index contributed by atoms with van der Waals surface area (Å²) < 4.78 is 61.0. The van der Waals surface area contributed by atoms with Crippen LogP contribution in [0.5, 0.6) is 0 Å². The Morgan fingerprint density at radius 2 is 0.761 bits per heavy atom. The van der Waals surface area contributed by atoms with E-state index < -0.39 is 20.0 Å². The second-order valence-electron chi connectivity index (χ2n) is 18.0. The first-order valence-corrected chi connectivity index (χ1v) is 32.1. The molecular weight excluding hydrogens is 931 g/mol. The van der Waals surface area contributed by atoms with Crippen molar-refractivity contribution in [3.63, 3.8) is 0 Å². The van der Waals surface area contributed by atoms with Crippen molar-refractivity contribution in [2.45, 2.75) is 244 Å². The summed E-state index contributed by atoms with van der Waals surface area (Å²) in [5, 5.41) is 0. The van der Waals surface area contributed by atoms with Gasteiger partial charge in [0.05, 0.1) is 33.0 Å². The number of allylic oxidation sites excluding steroid dienone is 2. The van der Waals surface area contributed by atoms with E-state index in [1.54, 1.807) is 0 Å². The van der Waals surface area contributed by atoms with Gasteiger partial charge in [0.15, 0.2) is 0 Å². The van der Waals surface area contributed by atoms with Crippen LogP contribution in [-0.2, 0) is 41.6 Å². The second kappa shape index (κ2) is 55.5. The summed E-state index contributed by atoms with van der Waals surface area (Å²) in [6, 6.07) is 0. The van der Waals surface area contributed by atoms with Crippen LogP contribution in [0.25, 0.3) is 0 Å². The van der Waals surface area contributed by atoms with Crippen LogP contribution in [-0.4, -0.2) is 78.2 Å². The van der Waals surface area contributed by atoms with Crippen LogP contribution in [0, 0.1) is 0 Å². The minimum absolute atomic E-state index is 0.0173. The van der Waals surface area contributed by atoms with Crippen LogP contribution in [0.15, 0.2) is 25.3 Å². The number of quaternary nitrogens is 1. The smallest absolute Gasteiger partial charge is 0.380 e. The standard InChI is InChI=1S/C27H56NO6P.C25H49Cl2O4P/c1-3-5-7-9-10-11-12-13-14-15-16-17-18-19-22-31-25-27(32-23-20-8-6-4-2)26-34-35(29,30)33-24-21-28;1-3-5-7-9-10-11-12-13-14-15-16-17-18-19-21-29-23-25(24-31-32(26,27)28)30-22-20-8-6-4-2/h4,27H,2-3,5-26,28H2,1H3,(H,29,30);4,25H,2-3,5-24H2,1H3. The molecule has 0 aliphatic carbocycles. The normalized spacial score (nSPS) is 13.5. The number of phosphoric ester groups is 1. The van der Waals surface area contributed by atoms with Crippen molar-refractivity contribution in [2.75, 3.05) is 66.0 Å². The fourth-order valence-corrected chi connectivity index (χ4v) is 8.81. The van der Waals surface area contributed by atoms with Crippen molar-refractivity contribution in [1.82, 2.24) is 0 Å². The Balaban J connectivity index is 0. The minimum Gasteiger partial charge on any atom is -0.756 e. The van der Waals surface area contributed by atoms with Crippen LogP contribution >= 0.6 is 36.4 Å². The number of unbranched alkanes of at least 4 members (excludes halogenated alkanes) is 30. The number of rotatable bonds is 55. The van der Waals surface area contributed by atoms with Crippen LogP contribution in [0.1, 0.15) is 232 Å². The molecule has 0 aromatic carbocycles.